The highest BCUT2D eigenvalue weighted by Gasteiger charge is 2.22. The molecule has 9 heteroatoms. The Morgan fingerprint density at radius 2 is 1.92 bits per heavy atom. The zero-order chi connectivity index (χ0) is 18.6. The zero-order valence-electron chi connectivity index (χ0n) is 14.1. The summed E-state index contributed by atoms with van der Waals surface area (Å²) in [7, 11) is -0.941. The second-order valence-electron chi connectivity index (χ2n) is 6.05. The monoisotopic (exact) mass is 388 g/mol. The number of benzene rings is 1. The summed E-state index contributed by atoms with van der Waals surface area (Å²) in [5.74, 6) is -1.23. The van der Waals surface area contributed by atoms with Crippen LogP contribution in [0.3, 0.4) is 0 Å². The van der Waals surface area contributed by atoms with Gasteiger partial charge in [0.15, 0.2) is 6.61 Å². The van der Waals surface area contributed by atoms with Crippen LogP contribution >= 0.6 is 11.6 Å². The molecule has 0 heterocycles. The number of carbonyl (C=O) groups is 2. The van der Waals surface area contributed by atoms with E-state index in [4.69, 9.17) is 16.3 Å². The number of carbonyl (C=O) groups excluding carboxylic acids is 2. The van der Waals surface area contributed by atoms with Gasteiger partial charge in [-0.25, -0.2) is 17.5 Å². The molecule has 1 N–H and O–H groups in total. The summed E-state index contributed by atoms with van der Waals surface area (Å²) < 4.78 is 30.3. The van der Waals surface area contributed by atoms with Gasteiger partial charge in [0.05, 0.1) is 15.5 Å². The van der Waals surface area contributed by atoms with Crippen LogP contribution in [0.5, 0.6) is 0 Å². The quantitative estimate of drug-likeness (QED) is 0.750. The fourth-order valence-electron chi connectivity index (χ4n) is 2.58. The summed E-state index contributed by atoms with van der Waals surface area (Å²) in [6.45, 7) is -0.434. The third-order valence-electron chi connectivity index (χ3n) is 3.99. The Hall–Kier alpha value is -1.64. The average molecular weight is 389 g/mol. The lowest BCUT2D eigenvalue weighted by atomic mass is 10.2. The Morgan fingerprint density at radius 3 is 2.52 bits per heavy atom. The highest BCUT2D eigenvalue weighted by Crippen LogP contribution is 2.23. The van der Waals surface area contributed by atoms with Crippen molar-refractivity contribution in [3.63, 3.8) is 0 Å². The molecule has 1 saturated carbocycles. The third kappa shape index (κ3) is 4.93. The Balaban J connectivity index is 2.04. The first-order chi connectivity index (χ1) is 11.7. The van der Waals surface area contributed by atoms with E-state index >= 15 is 0 Å². The van der Waals surface area contributed by atoms with Crippen molar-refractivity contribution in [2.75, 3.05) is 20.7 Å². The Kier molecular flexibility index (Phi) is 6.42. The van der Waals surface area contributed by atoms with Crippen LogP contribution < -0.4 is 5.32 Å². The molecule has 0 spiro atoms. The van der Waals surface area contributed by atoms with Crippen LogP contribution in [0.4, 0.5) is 0 Å². The fraction of sp³-hybridized carbons (Fsp3) is 0.500. The van der Waals surface area contributed by atoms with Crippen molar-refractivity contribution >= 4 is 33.5 Å². The number of hydrogen-bond acceptors (Lipinski definition) is 5. The summed E-state index contributed by atoms with van der Waals surface area (Å²) in [5.41, 5.74) is -0.0988. The normalized spacial score (nSPS) is 15.4. The molecule has 0 saturated heterocycles. The minimum atomic E-state index is -3.71. The molecule has 25 heavy (non-hydrogen) atoms. The molecule has 1 fully saturated rings. The summed E-state index contributed by atoms with van der Waals surface area (Å²) in [5, 5.41) is 2.85. The molecule has 1 aromatic rings. The van der Waals surface area contributed by atoms with Gasteiger partial charge in [-0.3, -0.25) is 4.79 Å². The number of ether oxygens (including phenoxy) is 1. The van der Waals surface area contributed by atoms with Crippen LogP contribution in [0.25, 0.3) is 0 Å². The Labute approximate surface area is 152 Å². The van der Waals surface area contributed by atoms with Gasteiger partial charge >= 0.3 is 5.97 Å². The molecular formula is C16H21ClN2O5S. The first-order valence-corrected chi connectivity index (χ1v) is 9.72. The molecule has 2 rings (SSSR count). The summed E-state index contributed by atoms with van der Waals surface area (Å²) in [4.78, 5) is 23.9. The predicted molar refractivity (Wildman–Crippen MR) is 93.0 cm³/mol. The number of esters is 1. The first kappa shape index (κ1) is 19.7. The van der Waals surface area contributed by atoms with E-state index in [0.29, 0.717) is 0 Å². The molecule has 138 valence electrons. The van der Waals surface area contributed by atoms with Crippen LogP contribution in [0.15, 0.2) is 23.1 Å². The van der Waals surface area contributed by atoms with Gasteiger partial charge in [0.25, 0.3) is 5.91 Å². The number of rotatable bonds is 6. The number of sulfonamides is 1. The molecule has 7 nitrogen and oxygen atoms in total. The topological polar surface area (TPSA) is 92.8 Å². The standard InChI is InChI=1S/C16H21ClN2O5S/c1-19(2)25(22,23)12-7-8-14(17)13(9-12)16(21)24-10-15(20)18-11-5-3-4-6-11/h7-9,11H,3-6,10H2,1-2H3,(H,18,20). The second-order valence-corrected chi connectivity index (χ2v) is 8.61. The zero-order valence-corrected chi connectivity index (χ0v) is 15.7. The lowest BCUT2D eigenvalue weighted by Gasteiger charge is -2.14. The van der Waals surface area contributed by atoms with E-state index in [0.717, 1.165) is 36.1 Å². The molecule has 1 amide bonds. The van der Waals surface area contributed by atoms with Crippen LogP contribution in [0.2, 0.25) is 5.02 Å². The molecule has 0 unspecified atom stereocenters. The largest absolute Gasteiger partial charge is 0.452 e. The average Bonchev–Trinajstić information content (AvgIpc) is 3.05. The number of amides is 1. The van der Waals surface area contributed by atoms with Gasteiger partial charge in [0.1, 0.15) is 0 Å². The van der Waals surface area contributed by atoms with Gasteiger partial charge in [0.2, 0.25) is 10.0 Å². The smallest absolute Gasteiger partial charge is 0.340 e. The Bertz CT molecular complexity index is 758. The predicted octanol–water partition coefficient (Wildman–Crippen LogP) is 1.81. The summed E-state index contributed by atoms with van der Waals surface area (Å²) >= 11 is 5.96. The van der Waals surface area contributed by atoms with Gasteiger partial charge in [-0.2, -0.15) is 0 Å². The SMILES string of the molecule is CN(C)S(=O)(=O)c1ccc(Cl)c(C(=O)OCC(=O)NC2CCCC2)c1. The molecule has 1 aliphatic rings. The van der Waals surface area contributed by atoms with Crippen molar-refractivity contribution in [3.05, 3.63) is 28.8 Å². The molecule has 0 aliphatic heterocycles. The maximum atomic E-state index is 12.2. The third-order valence-corrected chi connectivity index (χ3v) is 6.13. The maximum absolute atomic E-state index is 12.2. The van der Waals surface area contributed by atoms with Crippen molar-refractivity contribution < 1.29 is 22.7 Å². The summed E-state index contributed by atoms with van der Waals surface area (Å²) in [6.07, 6.45) is 4.01. The molecule has 0 aromatic heterocycles. The highest BCUT2D eigenvalue weighted by molar-refractivity contribution is 7.89. The molecule has 1 aromatic carbocycles. The van der Waals surface area contributed by atoms with Crippen LogP contribution in [-0.2, 0) is 19.6 Å². The van der Waals surface area contributed by atoms with Gasteiger partial charge in [-0.05, 0) is 31.0 Å². The van der Waals surface area contributed by atoms with Crippen molar-refractivity contribution in [2.24, 2.45) is 0 Å². The minimum Gasteiger partial charge on any atom is -0.452 e. The number of hydrogen-bond donors (Lipinski definition) is 1. The van der Waals surface area contributed by atoms with Crippen LogP contribution in [0.1, 0.15) is 36.0 Å². The van der Waals surface area contributed by atoms with E-state index in [9.17, 15) is 18.0 Å². The van der Waals surface area contributed by atoms with Gasteiger partial charge < -0.3 is 10.1 Å². The lowest BCUT2D eigenvalue weighted by molar-refractivity contribution is -0.124. The van der Waals surface area contributed by atoms with E-state index in [-0.39, 0.29) is 27.4 Å². The first-order valence-electron chi connectivity index (χ1n) is 7.90. The van der Waals surface area contributed by atoms with Gasteiger partial charge in [-0.1, -0.05) is 24.4 Å². The highest BCUT2D eigenvalue weighted by atomic mass is 35.5. The number of halogens is 1. The maximum Gasteiger partial charge on any atom is 0.340 e. The van der Waals surface area contributed by atoms with Crippen molar-refractivity contribution in [1.29, 1.82) is 0 Å². The lowest BCUT2D eigenvalue weighted by Crippen LogP contribution is -2.35. The minimum absolute atomic E-state index is 0.0545. The van der Waals surface area contributed by atoms with E-state index in [2.05, 4.69) is 5.32 Å². The van der Waals surface area contributed by atoms with Crippen LogP contribution in [-0.4, -0.2) is 51.3 Å². The molecule has 0 radical (unpaired) electrons. The molecule has 0 atom stereocenters. The van der Waals surface area contributed by atoms with E-state index < -0.39 is 22.6 Å². The summed E-state index contributed by atoms with van der Waals surface area (Å²) in [6, 6.07) is 3.90. The van der Waals surface area contributed by atoms with E-state index in [1.54, 1.807) is 0 Å². The van der Waals surface area contributed by atoms with Crippen molar-refractivity contribution in [3.8, 4) is 0 Å². The number of nitrogens with zero attached hydrogens (tertiary/aromatic N) is 1. The second kappa shape index (κ2) is 8.16. The fourth-order valence-corrected chi connectivity index (χ4v) is 3.70. The van der Waals surface area contributed by atoms with Gasteiger partial charge in [-0.15, -0.1) is 0 Å². The molecule has 0 bridgehead atoms. The van der Waals surface area contributed by atoms with Crippen molar-refractivity contribution in [2.45, 2.75) is 36.6 Å². The number of nitrogens with one attached hydrogen (secondary N) is 1. The van der Waals surface area contributed by atoms with Gasteiger partial charge in [0, 0.05) is 20.1 Å². The van der Waals surface area contributed by atoms with Crippen LogP contribution in [0, 0.1) is 0 Å². The molecular weight excluding hydrogens is 368 g/mol. The van der Waals surface area contributed by atoms with Crippen molar-refractivity contribution in [1.82, 2.24) is 9.62 Å². The Morgan fingerprint density at radius 1 is 1.28 bits per heavy atom. The molecule has 1 aliphatic carbocycles. The van der Waals surface area contributed by atoms with E-state index in [1.807, 2.05) is 0 Å². The van der Waals surface area contributed by atoms with E-state index in [1.165, 1.54) is 26.2 Å².